The summed E-state index contributed by atoms with van der Waals surface area (Å²) in [5.41, 5.74) is 0.393. The maximum Gasteiger partial charge on any atom is 0.238 e. The third kappa shape index (κ3) is 4.57. The van der Waals surface area contributed by atoms with Gasteiger partial charge in [0.1, 0.15) is 0 Å². The maximum absolute atomic E-state index is 11.5. The zero-order chi connectivity index (χ0) is 12.8. The lowest BCUT2D eigenvalue weighted by Crippen LogP contribution is -2.28. The van der Waals surface area contributed by atoms with E-state index in [4.69, 9.17) is 29.6 Å². The minimum absolute atomic E-state index is 0.104. The fourth-order valence-electron chi connectivity index (χ4n) is 1.09. The lowest BCUT2D eigenvalue weighted by atomic mass is 10.3. The van der Waals surface area contributed by atoms with Crippen LogP contribution in [0.5, 0.6) is 0 Å². The van der Waals surface area contributed by atoms with E-state index in [1.165, 1.54) is 0 Å². The van der Waals surface area contributed by atoms with Gasteiger partial charge in [-0.15, -0.1) is 6.42 Å². The van der Waals surface area contributed by atoms with Crippen LogP contribution < -0.4 is 10.6 Å². The van der Waals surface area contributed by atoms with Crippen LogP contribution in [-0.4, -0.2) is 19.0 Å². The highest BCUT2D eigenvalue weighted by atomic mass is 79.9. The van der Waals surface area contributed by atoms with E-state index in [-0.39, 0.29) is 12.5 Å². The summed E-state index contributed by atoms with van der Waals surface area (Å²) in [5, 5.41) is 6.11. The summed E-state index contributed by atoms with van der Waals surface area (Å²) in [6, 6.07) is 3.30. The van der Waals surface area contributed by atoms with Crippen molar-refractivity contribution in [2.75, 3.05) is 18.4 Å². The van der Waals surface area contributed by atoms with E-state index in [0.29, 0.717) is 22.3 Å². The first-order chi connectivity index (χ1) is 8.04. The molecule has 1 rings (SSSR count). The van der Waals surface area contributed by atoms with Gasteiger partial charge in [0.2, 0.25) is 5.91 Å². The molecule has 0 aromatic heterocycles. The van der Waals surface area contributed by atoms with Crippen molar-refractivity contribution in [1.29, 1.82) is 0 Å². The minimum Gasteiger partial charge on any atom is -0.322 e. The first kappa shape index (κ1) is 14.3. The number of anilines is 1. The summed E-state index contributed by atoms with van der Waals surface area (Å²) in [4.78, 5) is 11.5. The van der Waals surface area contributed by atoms with Gasteiger partial charge in [0, 0.05) is 4.47 Å². The predicted molar refractivity (Wildman–Crippen MR) is 74.5 cm³/mol. The molecule has 2 N–H and O–H groups in total. The average molecular weight is 336 g/mol. The molecular formula is C11H9BrCl2N2O. The molecular weight excluding hydrogens is 327 g/mol. The zero-order valence-corrected chi connectivity index (χ0v) is 11.8. The second-order valence-corrected chi connectivity index (χ2v) is 4.83. The number of nitrogens with one attached hydrogen (secondary N) is 2. The number of carbonyl (C=O) groups is 1. The maximum atomic E-state index is 11.5. The van der Waals surface area contributed by atoms with Gasteiger partial charge >= 0.3 is 0 Å². The Morgan fingerprint density at radius 2 is 2.00 bits per heavy atom. The molecule has 0 bridgehead atoms. The molecule has 6 heteroatoms. The second-order valence-electron chi connectivity index (χ2n) is 3.10. The van der Waals surface area contributed by atoms with Gasteiger partial charge < -0.3 is 5.32 Å². The normalized spacial score (nSPS) is 9.76. The van der Waals surface area contributed by atoms with E-state index in [1.54, 1.807) is 12.1 Å². The molecule has 0 atom stereocenters. The molecule has 1 aromatic carbocycles. The molecule has 0 radical (unpaired) electrons. The molecule has 17 heavy (non-hydrogen) atoms. The number of hydrogen-bond donors (Lipinski definition) is 2. The Labute approximate surface area is 118 Å². The van der Waals surface area contributed by atoms with Crippen LogP contribution >= 0.6 is 39.1 Å². The number of hydrogen-bond acceptors (Lipinski definition) is 2. The first-order valence-electron chi connectivity index (χ1n) is 4.63. The largest absolute Gasteiger partial charge is 0.322 e. The number of rotatable bonds is 4. The zero-order valence-electron chi connectivity index (χ0n) is 8.69. The van der Waals surface area contributed by atoms with Gasteiger partial charge in [-0.05, 0) is 12.1 Å². The summed E-state index contributed by atoms with van der Waals surface area (Å²) < 4.78 is 0.746. The van der Waals surface area contributed by atoms with E-state index in [0.717, 1.165) is 4.47 Å². The van der Waals surface area contributed by atoms with Gasteiger partial charge in [-0.3, -0.25) is 10.1 Å². The summed E-state index contributed by atoms with van der Waals surface area (Å²) >= 11 is 15.2. The summed E-state index contributed by atoms with van der Waals surface area (Å²) in [5.74, 6) is 2.11. The Kier molecular flexibility index (Phi) is 5.79. The van der Waals surface area contributed by atoms with Crippen LogP contribution in [0.15, 0.2) is 16.6 Å². The molecule has 0 heterocycles. The Hall–Kier alpha value is -0.730. The quantitative estimate of drug-likeness (QED) is 0.656. The van der Waals surface area contributed by atoms with E-state index in [2.05, 4.69) is 32.5 Å². The molecule has 0 unspecified atom stereocenters. The van der Waals surface area contributed by atoms with Crippen molar-refractivity contribution >= 4 is 50.7 Å². The van der Waals surface area contributed by atoms with E-state index < -0.39 is 0 Å². The second kappa shape index (κ2) is 6.87. The van der Waals surface area contributed by atoms with Gasteiger partial charge in [0.05, 0.1) is 28.8 Å². The molecule has 0 aliphatic carbocycles. The van der Waals surface area contributed by atoms with Crippen LogP contribution in [-0.2, 0) is 4.79 Å². The lowest BCUT2D eigenvalue weighted by Gasteiger charge is -2.09. The number of terminal acetylenes is 1. The fourth-order valence-corrected chi connectivity index (χ4v) is 2.40. The van der Waals surface area contributed by atoms with Crippen LogP contribution in [0.4, 0.5) is 5.69 Å². The molecule has 3 nitrogen and oxygen atoms in total. The van der Waals surface area contributed by atoms with Crippen molar-refractivity contribution in [3.05, 3.63) is 26.7 Å². The third-order valence-corrected chi connectivity index (χ3v) is 2.84. The molecule has 0 saturated heterocycles. The van der Waals surface area contributed by atoms with Gasteiger partial charge in [0.25, 0.3) is 0 Å². The van der Waals surface area contributed by atoms with Gasteiger partial charge in [-0.25, -0.2) is 0 Å². The van der Waals surface area contributed by atoms with Crippen LogP contribution in [0.3, 0.4) is 0 Å². The minimum atomic E-state index is -0.258. The van der Waals surface area contributed by atoms with Crippen LogP contribution in [0.1, 0.15) is 0 Å². The number of benzene rings is 1. The number of amides is 1. The summed E-state index contributed by atoms with van der Waals surface area (Å²) in [6.07, 6.45) is 5.04. The van der Waals surface area contributed by atoms with Crippen molar-refractivity contribution in [3.8, 4) is 12.3 Å². The smallest absolute Gasteiger partial charge is 0.238 e. The topological polar surface area (TPSA) is 41.1 Å². The fraction of sp³-hybridized carbons (Fsp3) is 0.182. The molecule has 0 spiro atoms. The van der Waals surface area contributed by atoms with E-state index in [9.17, 15) is 4.79 Å². The predicted octanol–water partition coefficient (Wildman–Crippen LogP) is 2.92. The van der Waals surface area contributed by atoms with Gasteiger partial charge in [-0.2, -0.15) is 0 Å². The van der Waals surface area contributed by atoms with Gasteiger partial charge in [0.15, 0.2) is 0 Å². The van der Waals surface area contributed by atoms with Crippen LogP contribution in [0.2, 0.25) is 10.0 Å². The summed E-state index contributed by atoms with van der Waals surface area (Å²) in [6.45, 7) is 0.433. The van der Waals surface area contributed by atoms with Crippen molar-refractivity contribution in [2.24, 2.45) is 0 Å². The van der Waals surface area contributed by atoms with Crippen LogP contribution in [0, 0.1) is 12.3 Å². The highest BCUT2D eigenvalue weighted by Crippen LogP contribution is 2.33. The van der Waals surface area contributed by atoms with Crippen molar-refractivity contribution in [1.82, 2.24) is 5.32 Å². The standard InChI is InChI=1S/C11H9BrCl2N2O/c1-2-3-15-6-10(17)16-11-8(13)4-7(12)5-9(11)14/h1,4-5,15H,3,6H2,(H,16,17). The van der Waals surface area contributed by atoms with Gasteiger partial charge in [-0.1, -0.05) is 45.1 Å². The number of carbonyl (C=O) groups excluding carboxylic acids is 1. The molecule has 1 aromatic rings. The highest BCUT2D eigenvalue weighted by Gasteiger charge is 2.10. The Morgan fingerprint density at radius 3 is 2.53 bits per heavy atom. The SMILES string of the molecule is C#CCNCC(=O)Nc1c(Cl)cc(Br)cc1Cl. The molecule has 0 aliphatic rings. The number of halogens is 3. The Balaban J connectivity index is 2.69. The third-order valence-electron chi connectivity index (χ3n) is 1.78. The first-order valence-corrected chi connectivity index (χ1v) is 6.18. The Morgan fingerprint density at radius 1 is 1.41 bits per heavy atom. The van der Waals surface area contributed by atoms with Crippen molar-refractivity contribution in [3.63, 3.8) is 0 Å². The Bertz CT molecular complexity index is 448. The molecule has 0 fully saturated rings. The molecule has 1 amide bonds. The highest BCUT2D eigenvalue weighted by molar-refractivity contribution is 9.10. The molecule has 0 saturated carbocycles. The van der Waals surface area contributed by atoms with E-state index in [1.807, 2.05) is 0 Å². The van der Waals surface area contributed by atoms with Crippen molar-refractivity contribution < 1.29 is 4.79 Å². The van der Waals surface area contributed by atoms with E-state index >= 15 is 0 Å². The lowest BCUT2D eigenvalue weighted by molar-refractivity contribution is -0.115. The van der Waals surface area contributed by atoms with Crippen molar-refractivity contribution in [2.45, 2.75) is 0 Å². The average Bonchev–Trinajstić information content (AvgIpc) is 2.24. The molecule has 90 valence electrons. The monoisotopic (exact) mass is 334 g/mol. The summed E-state index contributed by atoms with van der Waals surface area (Å²) in [7, 11) is 0. The molecule has 0 aliphatic heterocycles. The van der Waals surface area contributed by atoms with Crippen LogP contribution in [0.25, 0.3) is 0 Å².